The predicted octanol–water partition coefficient (Wildman–Crippen LogP) is 2.87. The van der Waals surface area contributed by atoms with Crippen LogP contribution in [0.3, 0.4) is 0 Å². The molecule has 0 amide bonds. The van der Waals surface area contributed by atoms with Crippen molar-refractivity contribution in [2.75, 3.05) is 18.0 Å². The monoisotopic (exact) mass is 245 g/mol. The largest absolute Gasteiger partial charge is 0.481 e. The van der Waals surface area contributed by atoms with Crippen molar-refractivity contribution in [3.8, 4) is 0 Å². The molecule has 1 aliphatic carbocycles. The number of hydrogen-bond donors (Lipinski definition) is 1. The van der Waals surface area contributed by atoms with Crippen molar-refractivity contribution in [1.29, 1.82) is 0 Å². The Morgan fingerprint density at radius 3 is 2.72 bits per heavy atom. The number of aliphatic carboxylic acids is 1. The summed E-state index contributed by atoms with van der Waals surface area (Å²) in [6.45, 7) is 1.67. The van der Waals surface area contributed by atoms with E-state index >= 15 is 0 Å². The molecule has 1 N–H and O–H groups in total. The summed E-state index contributed by atoms with van der Waals surface area (Å²) in [5, 5.41) is 9.31. The van der Waals surface area contributed by atoms with Gasteiger partial charge in [0.25, 0.3) is 0 Å². The van der Waals surface area contributed by atoms with Crippen molar-refractivity contribution < 1.29 is 9.90 Å². The molecule has 0 spiro atoms. The molecule has 1 unspecified atom stereocenters. The van der Waals surface area contributed by atoms with Gasteiger partial charge in [0.2, 0.25) is 0 Å². The Hall–Kier alpha value is -1.51. The van der Waals surface area contributed by atoms with Crippen LogP contribution in [0.1, 0.15) is 37.2 Å². The number of carboxylic acid groups (broad SMARTS) is 1. The first-order chi connectivity index (χ1) is 8.75. The van der Waals surface area contributed by atoms with Gasteiger partial charge in [-0.05, 0) is 30.4 Å². The van der Waals surface area contributed by atoms with Gasteiger partial charge in [-0.25, -0.2) is 0 Å². The van der Waals surface area contributed by atoms with Crippen LogP contribution in [0, 0.1) is 5.92 Å². The third kappa shape index (κ3) is 1.98. The Kier molecular flexibility index (Phi) is 2.98. The summed E-state index contributed by atoms with van der Waals surface area (Å²) in [5.41, 5.74) is 2.12. The molecule has 0 bridgehead atoms. The predicted molar refractivity (Wildman–Crippen MR) is 71.0 cm³/mol. The fourth-order valence-electron chi connectivity index (χ4n) is 3.38. The minimum Gasteiger partial charge on any atom is -0.481 e. The lowest BCUT2D eigenvalue weighted by Crippen LogP contribution is -2.29. The molecule has 1 fully saturated rings. The highest BCUT2D eigenvalue weighted by Gasteiger charge is 2.34. The molecule has 96 valence electrons. The molecule has 18 heavy (non-hydrogen) atoms. The van der Waals surface area contributed by atoms with Crippen molar-refractivity contribution in [3.63, 3.8) is 0 Å². The van der Waals surface area contributed by atoms with E-state index in [2.05, 4.69) is 11.0 Å². The Bertz CT molecular complexity index is 452. The Balaban J connectivity index is 1.82. The van der Waals surface area contributed by atoms with E-state index in [4.69, 9.17) is 0 Å². The Morgan fingerprint density at radius 2 is 2.00 bits per heavy atom. The zero-order valence-corrected chi connectivity index (χ0v) is 10.5. The topological polar surface area (TPSA) is 40.5 Å². The van der Waals surface area contributed by atoms with Gasteiger partial charge in [0.1, 0.15) is 5.92 Å². The van der Waals surface area contributed by atoms with Gasteiger partial charge in [0.05, 0.1) is 0 Å². The second kappa shape index (κ2) is 4.63. The van der Waals surface area contributed by atoms with Crippen LogP contribution in [0.5, 0.6) is 0 Å². The lowest BCUT2D eigenvalue weighted by Gasteiger charge is -2.23. The van der Waals surface area contributed by atoms with Crippen molar-refractivity contribution in [3.05, 3.63) is 29.8 Å². The van der Waals surface area contributed by atoms with Crippen LogP contribution in [-0.2, 0) is 4.79 Å². The number of carbonyl (C=O) groups is 1. The van der Waals surface area contributed by atoms with E-state index in [0.717, 1.165) is 23.7 Å². The number of rotatable bonds is 3. The highest BCUT2D eigenvalue weighted by Crippen LogP contribution is 2.38. The minimum absolute atomic E-state index is 0.345. The number of hydrogen-bond acceptors (Lipinski definition) is 2. The van der Waals surface area contributed by atoms with Gasteiger partial charge in [-0.2, -0.15) is 0 Å². The zero-order valence-electron chi connectivity index (χ0n) is 10.5. The van der Waals surface area contributed by atoms with Crippen LogP contribution in [0.4, 0.5) is 5.69 Å². The first-order valence-corrected chi connectivity index (χ1v) is 6.82. The van der Waals surface area contributed by atoms with Crippen LogP contribution in [-0.4, -0.2) is 24.2 Å². The third-order valence-corrected chi connectivity index (χ3v) is 4.31. The summed E-state index contributed by atoms with van der Waals surface area (Å²) in [4.78, 5) is 13.6. The van der Waals surface area contributed by atoms with Crippen molar-refractivity contribution >= 4 is 11.7 Å². The molecule has 1 aliphatic heterocycles. The highest BCUT2D eigenvalue weighted by atomic mass is 16.4. The van der Waals surface area contributed by atoms with Crippen molar-refractivity contribution in [2.24, 2.45) is 5.92 Å². The standard InChI is InChI=1S/C15H19NO2/c17-15(18)13-10-16(9-11-5-1-2-6-11)14-8-4-3-7-12(13)14/h3-4,7-8,11,13H,1-2,5-6,9-10H2,(H,17,18). The molecular formula is C15H19NO2. The molecule has 3 nitrogen and oxygen atoms in total. The molecule has 1 saturated carbocycles. The summed E-state index contributed by atoms with van der Waals surface area (Å²) in [5.74, 6) is -0.287. The molecule has 1 aromatic carbocycles. The number of anilines is 1. The maximum absolute atomic E-state index is 11.3. The number of fused-ring (bicyclic) bond motifs is 1. The molecule has 3 rings (SSSR count). The van der Waals surface area contributed by atoms with Crippen LogP contribution in [0.15, 0.2) is 24.3 Å². The van der Waals surface area contributed by atoms with Gasteiger partial charge in [-0.15, -0.1) is 0 Å². The van der Waals surface area contributed by atoms with E-state index in [-0.39, 0.29) is 5.92 Å². The fourth-order valence-corrected chi connectivity index (χ4v) is 3.38. The molecule has 1 heterocycles. The van der Waals surface area contributed by atoms with E-state index < -0.39 is 5.97 Å². The van der Waals surface area contributed by atoms with E-state index in [9.17, 15) is 9.90 Å². The first kappa shape index (κ1) is 11.6. The lowest BCUT2D eigenvalue weighted by atomic mass is 10.0. The summed E-state index contributed by atoms with van der Waals surface area (Å²) in [6.07, 6.45) is 5.28. The molecule has 0 radical (unpaired) electrons. The van der Waals surface area contributed by atoms with Crippen LogP contribution in [0.2, 0.25) is 0 Å². The van der Waals surface area contributed by atoms with Gasteiger partial charge in [-0.3, -0.25) is 4.79 Å². The molecule has 2 aliphatic rings. The SMILES string of the molecule is O=C(O)C1CN(CC2CCCC2)c2ccccc21. The molecule has 0 aromatic heterocycles. The number of nitrogens with zero attached hydrogens (tertiary/aromatic N) is 1. The highest BCUT2D eigenvalue weighted by molar-refractivity contribution is 5.82. The normalized spacial score (nSPS) is 23.3. The second-order valence-electron chi connectivity index (χ2n) is 5.51. The summed E-state index contributed by atoms with van der Waals surface area (Å²) in [7, 11) is 0. The minimum atomic E-state index is -0.698. The molecular weight excluding hydrogens is 226 g/mol. The molecule has 3 heteroatoms. The molecule has 1 atom stereocenters. The molecule has 1 aromatic rings. The zero-order chi connectivity index (χ0) is 12.5. The maximum atomic E-state index is 11.3. The molecule has 0 saturated heterocycles. The van der Waals surface area contributed by atoms with E-state index in [0.29, 0.717) is 6.54 Å². The average Bonchev–Trinajstić information content (AvgIpc) is 2.98. The van der Waals surface area contributed by atoms with Crippen molar-refractivity contribution in [2.45, 2.75) is 31.6 Å². The van der Waals surface area contributed by atoms with Gasteiger partial charge >= 0.3 is 5.97 Å². The Morgan fingerprint density at radius 1 is 1.28 bits per heavy atom. The number of benzene rings is 1. The number of carboxylic acids is 1. The van der Waals surface area contributed by atoms with E-state index in [1.54, 1.807) is 0 Å². The van der Waals surface area contributed by atoms with Gasteiger partial charge < -0.3 is 10.0 Å². The van der Waals surface area contributed by atoms with Crippen LogP contribution < -0.4 is 4.90 Å². The lowest BCUT2D eigenvalue weighted by molar-refractivity contribution is -0.138. The third-order valence-electron chi connectivity index (χ3n) is 4.31. The van der Waals surface area contributed by atoms with Crippen LogP contribution >= 0.6 is 0 Å². The van der Waals surface area contributed by atoms with Gasteiger partial charge in [0, 0.05) is 18.8 Å². The summed E-state index contributed by atoms with van der Waals surface area (Å²) in [6, 6.07) is 7.97. The van der Waals surface area contributed by atoms with Crippen LogP contribution in [0.25, 0.3) is 0 Å². The first-order valence-electron chi connectivity index (χ1n) is 6.82. The summed E-state index contributed by atoms with van der Waals surface area (Å²) >= 11 is 0. The van der Waals surface area contributed by atoms with Gasteiger partial charge in [0.15, 0.2) is 0 Å². The van der Waals surface area contributed by atoms with E-state index in [1.807, 2.05) is 18.2 Å². The van der Waals surface area contributed by atoms with Crippen molar-refractivity contribution in [1.82, 2.24) is 0 Å². The smallest absolute Gasteiger partial charge is 0.312 e. The number of para-hydroxylation sites is 1. The average molecular weight is 245 g/mol. The van der Waals surface area contributed by atoms with Gasteiger partial charge in [-0.1, -0.05) is 31.0 Å². The maximum Gasteiger partial charge on any atom is 0.312 e. The quantitative estimate of drug-likeness (QED) is 0.890. The Labute approximate surface area is 107 Å². The summed E-state index contributed by atoms with van der Waals surface area (Å²) < 4.78 is 0. The van der Waals surface area contributed by atoms with E-state index in [1.165, 1.54) is 25.7 Å². The second-order valence-corrected chi connectivity index (χ2v) is 5.51. The fraction of sp³-hybridized carbons (Fsp3) is 0.533.